The smallest absolute Gasteiger partial charge is 0.169 e. The van der Waals surface area contributed by atoms with Crippen LogP contribution in [0.4, 0.5) is 0 Å². The number of rotatable bonds is 9. The van der Waals surface area contributed by atoms with Crippen LogP contribution in [-0.2, 0) is 9.47 Å². The third-order valence-electron chi connectivity index (χ3n) is 11.0. The number of ether oxygens (including phenoxy) is 2. The van der Waals surface area contributed by atoms with Gasteiger partial charge in [0.15, 0.2) is 5.79 Å². The first kappa shape index (κ1) is 25.7. The van der Waals surface area contributed by atoms with Crippen LogP contribution >= 0.6 is 0 Å². The van der Waals surface area contributed by atoms with Gasteiger partial charge in [0.2, 0.25) is 0 Å². The average Bonchev–Trinajstić information content (AvgIpc) is 3.11. The Balaban J connectivity index is 1.45. The number of allylic oxidation sites excluding steroid dienone is 1. The van der Waals surface area contributed by atoms with E-state index >= 15 is 0 Å². The van der Waals surface area contributed by atoms with Gasteiger partial charge in [0.25, 0.3) is 0 Å². The highest BCUT2D eigenvalue weighted by Gasteiger charge is 2.60. The molecule has 0 aromatic carbocycles. The summed E-state index contributed by atoms with van der Waals surface area (Å²) < 4.78 is 11.0. The molecule has 190 valence electrons. The van der Waals surface area contributed by atoms with Gasteiger partial charge < -0.3 is 14.6 Å². The predicted molar refractivity (Wildman–Crippen MR) is 136 cm³/mol. The van der Waals surface area contributed by atoms with Crippen LogP contribution in [0.1, 0.15) is 105 Å². The second-order valence-electron chi connectivity index (χ2n) is 13.3. The van der Waals surface area contributed by atoms with E-state index in [1.54, 1.807) is 7.11 Å². The van der Waals surface area contributed by atoms with E-state index in [1.165, 1.54) is 56.9 Å². The lowest BCUT2D eigenvalue weighted by Crippen LogP contribution is -2.53. The summed E-state index contributed by atoms with van der Waals surface area (Å²) in [6.07, 6.45) is 16.2. The lowest BCUT2D eigenvalue weighted by Gasteiger charge is -2.59. The van der Waals surface area contributed by atoms with E-state index < -0.39 is 5.79 Å². The van der Waals surface area contributed by atoms with Crippen LogP contribution in [0.5, 0.6) is 0 Å². The molecule has 1 N–H and O–H groups in total. The highest BCUT2D eigenvalue weighted by molar-refractivity contribution is 5.26. The Morgan fingerprint density at radius 1 is 1.00 bits per heavy atom. The summed E-state index contributed by atoms with van der Waals surface area (Å²) in [5.74, 6) is 4.14. The molecule has 0 saturated heterocycles. The SMILES string of the molecule is COCCOC1(O)CC[C@@]2(C)C(=CC[C@H]3[C@@H]4CC[C@H]([C@H](C)CCCC(C)C)[C@@]4(C)CC[C@@H]32)C1. The zero-order valence-corrected chi connectivity index (χ0v) is 22.5. The third-order valence-corrected chi connectivity index (χ3v) is 11.0. The van der Waals surface area contributed by atoms with Crippen molar-refractivity contribution in [2.24, 2.45) is 46.3 Å². The zero-order valence-electron chi connectivity index (χ0n) is 22.5. The zero-order chi connectivity index (χ0) is 23.9. The Bertz CT molecular complexity index is 701. The molecule has 1 unspecified atom stereocenters. The van der Waals surface area contributed by atoms with Gasteiger partial charge in [-0.2, -0.15) is 0 Å². The maximum Gasteiger partial charge on any atom is 0.169 e. The fourth-order valence-corrected chi connectivity index (χ4v) is 9.08. The minimum Gasteiger partial charge on any atom is -0.382 e. The molecule has 0 radical (unpaired) electrons. The molecule has 4 aliphatic carbocycles. The van der Waals surface area contributed by atoms with Crippen molar-refractivity contribution in [3.63, 3.8) is 0 Å². The summed E-state index contributed by atoms with van der Waals surface area (Å²) in [6.45, 7) is 13.5. The van der Waals surface area contributed by atoms with E-state index in [0.29, 0.717) is 25.0 Å². The summed E-state index contributed by atoms with van der Waals surface area (Å²) in [5.41, 5.74) is 2.27. The van der Waals surface area contributed by atoms with Gasteiger partial charge in [-0.3, -0.25) is 0 Å². The summed E-state index contributed by atoms with van der Waals surface area (Å²) in [4.78, 5) is 0. The van der Waals surface area contributed by atoms with Gasteiger partial charge in [-0.1, -0.05) is 65.5 Å². The van der Waals surface area contributed by atoms with Crippen molar-refractivity contribution >= 4 is 0 Å². The topological polar surface area (TPSA) is 38.7 Å². The highest BCUT2D eigenvalue weighted by atomic mass is 16.6. The van der Waals surface area contributed by atoms with Crippen molar-refractivity contribution in [2.75, 3.05) is 20.3 Å². The number of hydrogen-bond donors (Lipinski definition) is 1. The van der Waals surface area contributed by atoms with Gasteiger partial charge in [0.05, 0.1) is 13.2 Å². The molecule has 0 bridgehead atoms. The summed E-state index contributed by atoms with van der Waals surface area (Å²) in [7, 11) is 1.69. The first-order valence-electron chi connectivity index (χ1n) is 14.2. The molecule has 0 spiro atoms. The fraction of sp³-hybridized carbons (Fsp3) is 0.933. The Morgan fingerprint density at radius 3 is 2.52 bits per heavy atom. The van der Waals surface area contributed by atoms with Crippen LogP contribution in [-0.4, -0.2) is 31.2 Å². The molecule has 4 aliphatic rings. The van der Waals surface area contributed by atoms with Crippen LogP contribution in [0.15, 0.2) is 11.6 Å². The quantitative estimate of drug-likeness (QED) is 0.222. The Morgan fingerprint density at radius 2 is 1.79 bits per heavy atom. The van der Waals surface area contributed by atoms with Gasteiger partial charge in [0.1, 0.15) is 0 Å². The fourth-order valence-electron chi connectivity index (χ4n) is 9.08. The second kappa shape index (κ2) is 9.94. The van der Waals surface area contributed by atoms with Crippen LogP contribution in [0, 0.1) is 46.3 Å². The lowest BCUT2D eigenvalue weighted by molar-refractivity contribution is -0.229. The minimum absolute atomic E-state index is 0.252. The van der Waals surface area contributed by atoms with E-state index in [2.05, 4.69) is 40.7 Å². The molecule has 0 aromatic heterocycles. The van der Waals surface area contributed by atoms with E-state index in [0.717, 1.165) is 48.3 Å². The second-order valence-corrected chi connectivity index (χ2v) is 13.3. The molecule has 4 rings (SSSR count). The Kier molecular flexibility index (Phi) is 7.74. The van der Waals surface area contributed by atoms with Gasteiger partial charge in [-0.15, -0.1) is 0 Å². The van der Waals surface area contributed by atoms with Crippen molar-refractivity contribution in [1.29, 1.82) is 0 Å². The largest absolute Gasteiger partial charge is 0.382 e. The van der Waals surface area contributed by atoms with Crippen LogP contribution in [0.3, 0.4) is 0 Å². The number of hydrogen-bond acceptors (Lipinski definition) is 3. The molecular formula is C30H52O3. The average molecular weight is 461 g/mol. The standard InChI is InChI=1S/C30H52O3/c1-21(2)8-7-9-22(3)25-12-13-26-24-11-10-23-20-30(31,33-19-18-32-6)17-16-28(23,4)27(24)14-15-29(25,26)5/h10,21-22,24-27,31H,7-9,11-20H2,1-6H3/t22-,24+,25-,26+,27+,28+,29-,30?/m1/s1. The predicted octanol–water partition coefficient (Wildman–Crippen LogP) is 7.38. The highest BCUT2D eigenvalue weighted by Crippen LogP contribution is 2.67. The van der Waals surface area contributed by atoms with Gasteiger partial charge in [-0.25, -0.2) is 0 Å². The maximum absolute atomic E-state index is 11.1. The minimum atomic E-state index is -0.996. The van der Waals surface area contributed by atoms with Gasteiger partial charge in [-0.05, 0) is 84.9 Å². The van der Waals surface area contributed by atoms with Crippen LogP contribution in [0.2, 0.25) is 0 Å². The Hall–Kier alpha value is -0.380. The third kappa shape index (κ3) is 4.85. The van der Waals surface area contributed by atoms with Crippen LogP contribution < -0.4 is 0 Å². The molecular weight excluding hydrogens is 408 g/mol. The van der Waals surface area contributed by atoms with Crippen molar-refractivity contribution < 1.29 is 14.6 Å². The van der Waals surface area contributed by atoms with E-state index in [4.69, 9.17) is 9.47 Å². The Labute approximate surface area is 204 Å². The molecule has 0 aromatic rings. The van der Waals surface area contributed by atoms with Crippen molar-refractivity contribution in [2.45, 2.75) is 111 Å². The van der Waals surface area contributed by atoms with Crippen molar-refractivity contribution in [3.05, 3.63) is 11.6 Å². The van der Waals surface area contributed by atoms with Crippen molar-refractivity contribution in [3.8, 4) is 0 Å². The number of methoxy groups -OCH3 is 1. The summed E-state index contributed by atoms with van der Waals surface area (Å²) in [5, 5.41) is 11.1. The normalized spacial score (nSPS) is 43.6. The molecule has 0 aliphatic heterocycles. The molecule has 3 heteroatoms. The lowest BCUT2D eigenvalue weighted by atomic mass is 9.46. The number of aliphatic hydroxyl groups is 1. The molecule has 33 heavy (non-hydrogen) atoms. The molecule has 8 atom stereocenters. The summed E-state index contributed by atoms with van der Waals surface area (Å²) >= 11 is 0. The van der Waals surface area contributed by atoms with Crippen molar-refractivity contribution in [1.82, 2.24) is 0 Å². The molecule has 3 saturated carbocycles. The van der Waals surface area contributed by atoms with Crippen LogP contribution in [0.25, 0.3) is 0 Å². The van der Waals surface area contributed by atoms with Gasteiger partial charge >= 0.3 is 0 Å². The molecule has 0 amide bonds. The van der Waals surface area contributed by atoms with E-state index in [9.17, 15) is 5.11 Å². The monoisotopic (exact) mass is 460 g/mol. The van der Waals surface area contributed by atoms with E-state index in [-0.39, 0.29) is 5.41 Å². The molecule has 0 heterocycles. The maximum atomic E-state index is 11.1. The molecule has 3 nitrogen and oxygen atoms in total. The van der Waals surface area contributed by atoms with E-state index in [1.807, 2.05) is 0 Å². The van der Waals surface area contributed by atoms with Gasteiger partial charge in [0, 0.05) is 20.0 Å². The first-order chi connectivity index (χ1) is 15.6. The number of fused-ring (bicyclic) bond motifs is 5. The first-order valence-corrected chi connectivity index (χ1v) is 14.2. The molecule has 3 fully saturated rings. The summed E-state index contributed by atoms with van der Waals surface area (Å²) in [6, 6.07) is 0.